The molecule has 19 heavy (non-hydrogen) atoms. The second-order valence-corrected chi connectivity index (χ2v) is 3.03. The molecule has 1 aromatic rings. The Kier molecular flexibility index (Phi) is 5.34. The van der Waals surface area contributed by atoms with E-state index in [0.29, 0.717) is 0 Å². The van der Waals surface area contributed by atoms with Gasteiger partial charge in [-0.2, -0.15) is 5.10 Å². The van der Waals surface area contributed by atoms with Crippen LogP contribution in [0.25, 0.3) is 0 Å². The van der Waals surface area contributed by atoms with Gasteiger partial charge in [-0.1, -0.05) is 0 Å². The van der Waals surface area contributed by atoms with Gasteiger partial charge in [-0.15, -0.1) is 0 Å². The lowest BCUT2D eigenvalue weighted by atomic mass is 10.6. The highest BCUT2D eigenvalue weighted by Crippen LogP contribution is 1.83. The second-order valence-electron chi connectivity index (χ2n) is 3.03. The first-order valence-electron chi connectivity index (χ1n) is 4.92. The molecule has 0 radical (unpaired) electrons. The zero-order chi connectivity index (χ0) is 14.1. The molecule has 3 rings (SSSR count). The zero-order valence-corrected chi connectivity index (χ0v) is 9.49. The van der Waals surface area contributed by atoms with Gasteiger partial charge in [0.1, 0.15) is 12.7 Å². The Morgan fingerprint density at radius 2 is 1.16 bits per heavy atom. The summed E-state index contributed by atoms with van der Waals surface area (Å²) in [6, 6.07) is 0. The van der Waals surface area contributed by atoms with Crippen LogP contribution >= 0.6 is 0 Å². The summed E-state index contributed by atoms with van der Waals surface area (Å²) < 4.78 is 0. The van der Waals surface area contributed by atoms with Crippen LogP contribution in [0.5, 0.6) is 0 Å². The van der Waals surface area contributed by atoms with Crippen molar-refractivity contribution in [1.82, 2.24) is 25.8 Å². The number of aromatic nitrogens is 3. The largest absolute Gasteiger partial charge is 0.289 e. The van der Waals surface area contributed by atoms with Crippen molar-refractivity contribution in [2.45, 2.75) is 0 Å². The molecular formula is C10H9N5O4. The summed E-state index contributed by atoms with van der Waals surface area (Å²) in [5, 5.41) is 10.0. The SMILES string of the molecule is O=C1C=CC(=O)N1.O=C1C=CC(=O)N1.c1nc[nH]n1. The first-order valence-corrected chi connectivity index (χ1v) is 4.92. The van der Waals surface area contributed by atoms with Gasteiger partial charge < -0.3 is 0 Å². The fourth-order valence-electron chi connectivity index (χ4n) is 0.879. The number of amides is 4. The van der Waals surface area contributed by atoms with Gasteiger partial charge in [0.2, 0.25) is 0 Å². The standard InChI is InChI=1S/2C4H3NO2.C2H3N3/c2*6-3-1-2-4(7)5-3;1-3-2-5-4-1/h2*1-2H,(H,5,6,7);1-2H,(H,3,4,5). The van der Waals surface area contributed by atoms with Crippen molar-refractivity contribution < 1.29 is 19.2 Å². The molecule has 0 spiro atoms. The van der Waals surface area contributed by atoms with Gasteiger partial charge in [0, 0.05) is 24.3 Å². The molecule has 0 saturated carbocycles. The van der Waals surface area contributed by atoms with Crippen LogP contribution in [0.4, 0.5) is 0 Å². The Balaban J connectivity index is 0.000000145. The van der Waals surface area contributed by atoms with Crippen LogP contribution in [0.2, 0.25) is 0 Å². The molecule has 0 atom stereocenters. The number of carbonyl (C=O) groups is 4. The van der Waals surface area contributed by atoms with E-state index >= 15 is 0 Å². The van der Waals surface area contributed by atoms with Crippen LogP contribution in [0, 0.1) is 0 Å². The molecule has 9 nitrogen and oxygen atoms in total. The third-order valence-corrected chi connectivity index (χ3v) is 1.60. The van der Waals surface area contributed by atoms with Gasteiger partial charge in [0.25, 0.3) is 23.6 Å². The minimum absolute atomic E-state index is 0.329. The molecule has 0 fully saturated rings. The third kappa shape index (κ3) is 6.26. The molecule has 0 saturated heterocycles. The van der Waals surface area contributed by atoms with Crippen molar-refractivity contribution >= 4 is 23.6 Å². The number of aromatic amines is 1. The van der Waals surface area contributed by atoms with Crippen LogP contribution in [-0.4, -0.2) is 38.8 Å². The summed E-state index contributed by atoms with van der Waals surface area (Å²) in [5.41, 5.74) is 0. The van der Waals surface area contributed by atoms with E-state index in [1.807, 2.05) is 10.6 Å². The number of H-pyrrole nitrogens is 1. The van der Waals surface area contributed by atoms with Crippen molar-refractivity contribution in [3.05, 3.63) is 37.0 Å². The lowest BCUT2D eigenvalue weighted by molar-refractivity contribution is -0.125. The topological polar surface area (TPSA) is 134 Å². The summed E-state index contributed by atoms with van der Waals surface area (Å²) >= 11 is 0. The summed E-state index contributed by atoms with van der Waals surface area (Å²) in [6.45, 7) is 0. The molecule has 4 amide bonds. The van der Waals surface area contributed by atoms with Gasteiger partial charge in [-0.25, -0.2) is 4.98 Å². The minimum Gasteiger partial charge on any atom is -0.289 e. The predicted molar refractivity (Wildman–Crippen MR) is 61.0 cm³/mol. The molecule has 2 aliphatic heterocycles. The maximum Gasteiger partial charge on any atom is 0.250 e. The summed E-state index contributed by atoms with van der Waals surface area (Å²) in [5.74, 6) is -1.31. The molecule has 0 bridgehead atoms. The smallest absolute Gasteiger partial charge is 0.250 e. The third-order valence-electron chi connectivity index (χ3n) is 1.60. The lowest BCUT2D eigenvalue weighted by Gasteiger charge is -1.80. The molecule has 2 aliphatic rings. The highest BCUT2D eigenvalue weighted by atomic mass is 16.2. The molecule has 9 heteroatoms. The number of carbonyl (C=O) groups excluding carboxylic acids is 4. The van der Waals surface area contributed by atoms with Gasteiger partial charge in [-0.3, -0.25) is 34.9 Å². The summed E-state index contributed by atoms with van der Waals surface area (Å²) in [4.78, 5) is 43.7. The average Bonchev–Trinajstić information content (AvgIpc) is 3.06. The van der Waals surface area contributed by atoms with Crippen molar-refractivity contribution in [1.29, 1.82) is 0 Å². The van der Waals surface area contributed by atoms with Crippen molar-refractivity contribution in [3.63, 3.8) is 0 Å². The molecule has 0 aromatic carbocycles. The van der Waals surface area contributed by atoms with E-state index in [1.54, 1.807) is 0 Å². The molecule has 1 aromatic heterocycles. The van der Waals surface area contributed by atoms with Crippen LogP contribution in [-0.2, 0) is 19.2 Å². The maximum atomic E-state index is 10.0. The first kappa shape index (κ1) is 14.0. The van der Waals surface area contributed by atoms with E-state index in [-0.39, 0.29) is 23.6 Å². The van der Waals surface area contributed by atoms with Crippen molar-refractivity contribution in [3.8, 4) is 0 Å². The molecule has 3 N–H and O–H groups in total. The Hall–Kier alpha value is -3.10. The van der Waals surface area contributed by atoms with E-state index in [9.17, 15) is 19.2 Å². The lowest BCUT2D eigenvalue weighted by Crippen LogP contribution is -2.19. The second kappa shape index (κ2) is 7.27. The van der Waals surface area contributed by atoms with Crippen molar-refractivity contribution in [2.24, 2.45) is 0 Å². The average molecular weight is 263 g/mol. The van der Waals surface area contributed by atoms with Crippen LogP contribution in [0.1, 0.15) is 0 Å². The van der Waals surface area contributed by atoms with Crippen LogP contribution in [0.15, 0.2) is 37.0 Å². The molecule has 0 aliphatic carbocycles. The van der Waals surface area contributed by atoms with E-state index < -0.39 is 0 Å². The highest BCUT2D eigenvalue weighted by Gasteiger charge is 2.07. The monoisotopic (exact) mass is 263 g/mol. The van der Waals surface area contributed by atoms with E-state index in [2.05, 4.69) is 15.2 Å². The molecule has 98 valence electrons. The fraction of sp³-hybridized carbons (Fsp3) is 0. The van der Waals surface area contributed by atoms with Crippen molar-refractivity contribution in [2.75, 3.05) is 0 Å². The summed E-state index contributed by atoms with van der Waals surface area (Å²) in [6.07, 6.45) is 7.75. The maximum absolute atomic E-state index is 10.0. The number of nitrogens with zero attached hydrogens (tertiary/aromatic N) is 2. The highest BCUT2D eigenvalue weighted by molar-refractivity contribution is 6.13. The number of nitrogens with one attached hydrogen (secondary N) is 3. The number of imide groups is 2. The van der Waals surface area contributed by atoms with Crippen LogP contribution in [0.3, 0.4) is 0 Å². The predicted octanol–water partition coefficient (Wildman–Crippen LogP) is -1.80. The quantitative estimate of drug-likeness (QED) is 0.473. The Bertz CT molecular complexity index is 447. The van der Waals surface area contributed by atoms with Gasteiger partial charge in [0.15, 0.2) is 0 Å². The summed E-state index contributed by atoms with van der Waals surface area (Å²) in [7, 11) is 0. The number of rotatable bonds is 0. The normalized spacial score (nSPS) is 15.2. The Morgan fingerprint density at radius 3 is 1.26 bits per heavy atom. The molecule has 3 heterocycles. The fourth-order valence-corrected chi connectivity index (χ4v) is 0.879. The van der Waals surface area contributed by atoms with Crippen LogP contribution < -0.4 is 10.6 Å². The first-order chi connectivity index (χ1) is 9.08. The zero-order valence-electron chi connectivity index (χ0n) is 9.49. The number of hydrogen-bond acceptors (Lipinski definition) is 6. The van der Waals surface area contributed by atoms with Gasteiger partial charge in [-0.05, 0) is 0 Å². The Morgan fingerprint density at radius 1 is 0.737 bits per heavy atom. The molecule has 0 unspecified atom stereocenters. The van der Waals surface area contributed by atoms with Gasteiger partial charge in [0.05, 0.1) is 0 Å². The Labute approximate surface area is 106 Å². The minimum atomic E-state index is -0.329. The number of hydrogen-bond donors (Lipinski definition) is 3. The van der Waals surface area contributed by atoms with E-state index in [1.165, 1.54) is 37.0 Å². The van der Waals surface area contributed by atoms with E-state index in [4.69, 9.17) is 0 Å². The van der Waals surface area contributed by atoms with E-state index in [0.717, 1.165) is 0 Å². The molecular weight excluding hydrogens is 254 g/mol. The van der Waals surface area contributed by atoms with Gasteiger partial charge >= 0.3 is 0 Å².